The third-order valence-electron chi connectivity index (χ3n) is 2.17. The number of thiophene rings is 1. The van der Waals surface area contributed by atoms with Crippen LogP contribution in [0.3, 0.4) is 0 Å². The van der Waals surface area contributed by atoms with Crippen molar-refractivity contribution in [2.45, 2.75) is 19.3 Å². The van der Waals surface area contributed by atoms with Crippen LogP contribution in [0.4, 0.5) is 0 Å². The van der Waals surface area contributed by atoms with Gasteiger partial charge in [-0.2, -0.15) is 11.3 Å². The molecule has 0 spiro atoms. The molecule has 1 atom stereocenters. The molecule has 0 aliphatic heterocycles. The van der Waals surface area contributed by atoms with E-state index in [9.17, 15) is 0 Å². The normalized spacial score (nSPS) is 13.4. The molecule has 0 saturated heterocycles. The smallest absolute Gasteiger partial charge is 0.0564 e. The SMILES string of the molecule is CCC(c1ccsc1)c1c[nH][nH]1. The van der Waals surface area contributed by atoms with Crippen molar-refractivity contribution < 1.29 is 0 Å². The molecular formula is C9H12N2S. The average Bonchev–Trinajstić information content (AvgIpc) is 2.47. The van der Waals surface area contributed by atoms with E-state index in [2.05, 4.69) is 33.9 Å². The fraction of sp³-hybridized carbons (Fsp3) is 0.333. The Bertz CT molecular complexity index is 309. The van der Waals surface area contributed by atoms with E-state index >= 15 is 0 Å². The summed E-state index contributed by atoms with van der Waals surface area (Å²) in [4.78, 5) is 0. The maximum absolute atomic E-state index is 3.10. The number of nitrogens with one attached hydrogen (secondary N) is 2. The fourth-order valence-electron chi connectivity index (χ4n) is 1.45. The first-order valence-corrected chi connectivity index (χ1v) is 5.09. The summed E-state index contributed by atoms with van der Waals surface area (Å²) >= 11 is 1.76. The fourth-order valence-corrected chi connectivity index (χ4v) is 2.17. The molecule has 0 fully saturated rings. The number of rotatable bonds is 3. The molecule has 1 unspecified atom stereocenters. The summed E-state index contributed by atoms with van der Waals surface area (Å²) in [7, 11) is 0. The highest BCUT2D eigenvalue weighted by atomic mass is 32.1. The second-order valence-corrected chi connectivity index (χ2v) is 3.67. The molecule has 2 aromatic rings. The molecule has 0 aliphatic rings. The van der Waals surface area contributed by atoms with Crippen LogP contribution in [0.1, 0.15) is 30.5 Å². The van der Waals surface area contributed by atoms with Crippen LogP contribution in [0.15, 0.2) is 23.0 Å². The average molecular weight is 180 g/mol. The lowest BCUT2D eigenvalue weighted by atomic mass is 9.96. The van der Waals surface area contributed by atoms with Gasteiger partial charge in [-0.05, 0) is 28.8 Å². The lowest BCUT2D eigenvalue weighted by Gasteiger charge is -2.15. The summed E-state index contributed by atoms with van der Waals surface area (Å²) in [6.45, 7) is 2.21. The standard InChI is InChI=1S/C9H12N2S/c1-2-8(9-5-10-11-9)7-3-4-12-6-7/h3-6,8,10-11H,2H2,1H3. The molecule has 3 heteroatoms. The zero-order chi connectivity index (χ0) is 8.39. The van der Waals surface area contributed by atoms with Crippen molar-refractivity contribution in [2.75, 3.05) is 0 Å². The van der Waals surface area contributed by atoms with Crippen LogP contribution in [0.25, 0.3) is 0 Å². The third-order valence-corrected chi connectivity index (χ3v) is 2.87. The number of aromatic nitrogens is 2. The summed E-state index contributed by atoms with van der Waals surface area (Å²) in [6, 6.07) is 2.19. The Morgan fingerprint density at radius 1 is 1.58 bits per heavy atom. The second-order valence-electron chi connectivity index (χ2n) is 2.89. The minimum atomic E-state index is 0.553. The zero-order valence-corrected chi connectivity index (χ0v) is 7.82. The maximum Gasteiger partial charge on any atom is 0.0564 e. The highest BCUT2D eigenvalue weighted by Crippen LogP contribution is 2.27. The molecule has 0 amide bonds. The first kappa shape index (κ1) is 7.68. The van der Waals surface area contributed by atoms with Crippen molar-refractivity contribution in [1.82, 2.24) is 10.2 Å². The monoisotopic (exact) mass is 180 g/mol. The van der Waals surface area contributed by atoms with E-state index in [0.717, 1.165) is 6.42 Å². The predicted molar refractivity (Wildman–Crippen MR) is 51.6 cm³/mol. The van der Waals surface area contributed by atoms with Crippen LogP contribution < -0.4 is 0 Å². The van der Waals surface area contributed by atoms with E-state index in [1.165, 1.54) is 11.3 Å². The molecule has 2 rings (SSSR count). The number of hydrogen-bond donors (Lipinski definition) is 2. The van der Waals surface area contributed by atoms with Crippen molar-refractivity contribution in [3.63, 3.8) is 0 Å². The Kier molecular flexibility index (Phi) is 2.04. The van der Waals surface area contributed by atoms with Gasteiger partial charge < -0.3 is 10.2 Å². The van der Waals surface area contributed by atoms with Gasteiger partial charge in [0.25, 0.3) is 0 Å². The molecule has 0 aliphatic carbocycles. The molecular weight excluding hydrogens is 168 g/mol. The Hall–Kier alpha value is -0.960. The largest absolute Gasteiger partial charge is 0.307 e. The van der Waals surface area contributed by atoms with Crippen LogP contribution in [0.5, 0.6) is 0 Å². The summed E-state index contributed by atoms with van der Waals surface area (Å²) in [6.07, 6.45) is 3.18. The third kappa shape index (κ3) is 1.20. The highest BCUT2D eigenvalue weighted by Gasteiger charge is 2.13. The Morgan fingerprint density at radius 2 is 2.42 bits per heavy atom. The number of H-pyrrole nitrogens is 2. The van der Waals surface area contributed by atoms with Gasteiger partial charge in [0.2, 0.25) is 0 Å². The Morgan fingerprint density at radius 3 is 2.83 bits per heavy atom. The Labute approximate surface area is 75.6 Å². The van der Waals surface area contributed by atoms with E-state index < -0.39 is 0 Å². The van der Waals surface area contributed by atoms with Crippen molar-refractivity contribution >= 4 is 11.3 Å². The van der Waals surface area contributed by atoms with E-state index in [4.69, 9.17) is 0 Å². The van der Waals surface area contributed by atoms with E-state index in [1.807, 2.05) is 6.20 Å². The molecule has 0 radical (unpaired) electrons. The molecule has 2 nitrogen and oxygen atoms in total. The van der Waals surface area contributed by atoms with Crippen LogP contribution >= 0.6 is 11.3 Å². The van der Waals surface area contributed by atoms with Gasteiger partial charge in [-0.1, -0.05) is 6.92 Å². The van der Waals surface area contributed by atoms with Gasteiger partial charge in [-0.15, -0.1) is 0 Å². The van der Waals surface area contributed by atoms with Crippen LogP contribution in [-0.4, -0.2) is 10.2 Å². The molecule has 2 heterocycles. The molecule has 0 bridgehead atoms. The topological polar surface area (TPSA) is 31.6 Å². The van der Waals surface area contributed by atoms with Crippen LogP contribution in [0, 0.1) is 0 Å². The first-order chi connectivity index (χ1) is 5.92. The molecule has 64 valence electrons. The summed E-state index contributed by atoms with van der Waals surface area (Å²) in [5, 5.41) is 10.4. The van der Waals surface area contributed by atoms with Gasteiger partial charge in [0.05, 0.1) is 5.69 Å². The van der Waals surface area contributed by atoms with Crippen LogP contribution in [-0.2, 0) is 0 Å². The number of aromatic amines is 2. The van der Waals surface area contributed by atoms with Gasteiger partial charge in [0, 0.05) is 12.1 Å². The minimum absolute atomic E-state index is 0.553. The van der Waals surface area contributed by atoms with Crippen molar-refractivity contribution in [3.8, 4) is 0 Å². The molecule has 12 heavy (non-hydrogen) atoms. The molecule has 0 saturated carbocycles. The lowest BCUT2D eigenvalue weighted by Crippen LogP contribution is -2.05. The first-order valence-electron chi connectivity index (χ1n) is 4.15. The van der Waals surface area contributed by atoms with Gasteiger partial charge in [0.1, 0.15) is 0 Å². The number of hydrogen-bond acceptors (Lipinski definition) is 1. The van der Waals surface area contributed by atoms with Crippen LogP contribution in [0.2, 0.25) is 0 Å². The Balaban J connectivity index is 2.23. The van der Waals surface area contributed by atoms with Gasteiger partial charge in [-0.3, -0.25) is 0 Å². The summed E-state index contributed by atoms with van der Waals surface area (Å²) < 4.78 is 0. The van der Waals surface area contributed by atoms with Crippen molar-refractivity contribution in [1.29, 1.82) is 0 Å². The van der Waals surface area contributed by atoms with Gasteiger partial charge >= 0.3 is 0 Å². The van der Waals surface area contributed by atoms with Crippen molar-refractivity contribution in [2.24, 2.45) is 0 Å². The summed E-state index contributed by atoms with van der Waals surface area (Å²) in [5.41, 5.74) is 2.72. The summed E-state index contributed by atoms with van der Waals surface area (Å²) in [5.74, 6) is 0.553. The highest BCUT2D eigenvalue weighted by molar-refractivity contribution is 7.08. The van der Waals surface area contributed by atoms with Crippen molar-refractivity contribution in [3.05, 3.63) is 34.3 Å². The maximum atomic E-state index is 3.10. The predicted octanol–water partition coefficient (Wildman–Crippen LogP) is 2.95. The van der Waals surface area contributed by atoms with Gasteiger partial charge in [-0.25, -0.2) is 0 Å². The minimum Gasteiger partial charge on any atom is -0.307 e. The van der Waals surface area contributed by atoms with E-state index in [0.29, 0.717) is 5.92 Å². The second kappa shape index (κ2) is 3.19. The molecule has 2 aromatic heterocycles. The van der Waals surface area contributed by atoms with E-state index in [-0.39, 0.29) is 0 Å². The van der Waals surface area contributed by atoms with Gasteiger partial charge in [0.15, 0.2) is 0 Å². The van der Waals surface area contributed by atoms with E-state index in [1.54, 1.807) is 11.3 Å². The molecule has 0 aromatic carbocycles. The zero-order valence-electron chi connectivity index (χ0n) is 7.00. The quantitative estimate of drug-likeness (QED) is 0.728. The molecule has 2 N–H and O–H groups in total. The lowest BCUT2D eigenvalue weighted by molar-refractivity contribution is 0.696.